The molecule has 3 heterocycles. The Labute approximate surface area is 153 Å². The molecule has 0 bridgehead atoms. The zero-order valence-corrected chi connectivity index (χ0v) is 14.6. The van der Waals surface area contributed by atoms with Crippen LogP contribution in [0.25, 0.3) is 10.7 Å². The molecular formula is C17H15N5O3S. The lowest BCUT2D eigenvalue weighted by atomic mass is 10.2. The minimum Gasteiger partial charge on any atom is -0.454 e. The van der Waals surface area contributed by atoms with Crippen molar-refractivity contribution in [2.75, 3.05) is 18.1 Å². The highest BCUT2D eigenvalue weighted by Crippen LogP contribution is 2.27. The number of hydrogen-bond donors (Lipinski definition) is 0. The number of aromatic nitrogens is 4. The highest BCUT2D eigenvalue weighted by Gasteiger charge is 2.25. The van der Waals surface area contributed by atoms with E-state index in [2.05, 4.69) is 15.4 Å². The van der Waals surface area contributed by atoms with Crippen LogP contribution in [0.2, 0.25) is 0 Å². The van der Waals surface area contributed by atoms with E-state index in [1.54, 1.807) is 4.90 Å². The summed E-state index contributed by atoms with van der Waals surface area (Å²) in [5, 5.41) is 13.8. The van der Waals surface area contributed by atoms with Gasteiger partial charge in [-0.05, 0) is 34.7 Å². The Morgan fingerprint density at radius 2 is 2.08 bits per heavy atom. The Morgan fingerprint density at radius 1 is 1.19 bits per heavy atom. The third-order valence-corrected chi connectivity index (χ3v) is 4.88. The molecule has 1 aliphatic rings. The van der Waals surface area contributed by atoms with Gasteiger partial charge in [-0.15, -0.1) is 21.5 Å². The van der Waals surface area contributed by atoms with E-state index in [9.17, 15) is 9.59 Å². The average molecular weight is 369 g/mol. The van der Waals surface area contributed by atoms with Gasteiger partial charge in [0, 0.05) is 12.2 Å². The molecule has 0 atom stereocenters. The van der Waals surface area contributed by atoms with Gasteiger partial charge in [0.2, 0.25) is 5.82 Å². The van der Waals surface area contributed by atoms with Gasteiger partial charge in [-0.1, -0.05) is 24.3 Å². The van der Waals surface area contributed by atoms with Crippen LogP contribution < -0.4 is 4.90 Å². The molecule has 0 saturated carbocycles. The predicted molar refractivity (Wildman–Crippen MR) is 94.6 cm³/mol. The smallest absolute Gasteiger partial charge is 0.330 e. The lowest BCUT2D eigenvalue weighted by molar-refractivity contribution is -0.148. The molecule has 0 saturated heterocycles. The number of fused-ring (bicyclic) bond motifs is 1. The van der Waals surface area contributed by atoms with Gasteiger partial charge in [-0.3, -0.25) is 4.79 Å². The van der Waals surface area contributed by atoms with Gasteiger partial charge < -0.3 is 9.64 Å². The van der Waals surface area contributed by atoms with Crippen LogP contribution in [0.4, 0.5) is 5.69 Å². The zero-order valence-electron chi connectivity index (χ0n) is 13.7. The molecule has 1 aromatic carbocycles. The Hall–Kier alpha value is -3.07. The van der Waals surface area contributed by atoms with Crippen LogP contribution in [0.15, 0.2) is 41.8 Å². The lowest BCUT2D eigenvalue weighted by Crippen LogP contribution is -2.33. The quantitative estimate of drug-likeness (QED) is 0.634. The number of esters is 1. The minimum atomic E-state index is -0.582. The minimum absolute atomic E-state index is 0.192. The van der Waals surface area contributed by atoms with E-state index in [1.807, 2.05) is 41.8 Å². The molecule has 3 aromatic rings. The van der Waals surface area contributed by atoms with Gasteiger partial charge in [-0.25, -0.2) is 4.79 Å². The third-order valence-electron chi connectivity index (χ3n) is 4.01. The molecule has 0 N–H and O–H groups in total. The largest absolute Gasteiger partial charge is 0.454 e. The maximum atomic E-state index is 12.3. The van der Waals surface area contributed by atoms with Crippen LogP contribution in [-0.4, -0.2) is 45.2 Å². The second-order valence-corrected chi connectivity index (χ2v) is 6.65. The fourth-order valence-corrected chi connectivity index (χ4v) is 3.44. The molecule has 132 valence electrons. The molecule has 0 radical (unpaired) electrons. The number of nitrogens with zero attached hydrogens (tertiary/aromatic N) is 5. The summed E-state index contributed by atoms with van der Waals surface area (Å²) < 4.78 is 5.08. The number of carbonyl (C=O) groups excluding carboxylic acids is 2. The van der Waals surface area contributed by atoms with Gasteiger partial charge in [0.05, 0.1) is 4.88 Å². The zero-order chi connectivity index (χ0) is 17.9. The van der Waals surface area contributed by atoms with Gasteiger partial charge in [0.1, 0.15) is 0 Å². The van der Waals surface area contributed by atoms with E-state index in [0.29, 0.717) is 12.4 Å². The molecule has 1 aliphatic heterocycles. The average Bonchev–Trinajstić information content (AvgIpc) is 3.39. The number of benzene rings is 1. The molecule has 4 rings (SSSR count). The molecule has 0 aliphatic carbocycles. The van der Waals surface area contributed by atoms with E-state index in [4.69, 9.17) is 4.74 Å². The maximum Gasteiger partial charge on any atom is 0.330 e. The Balaban J connectivity index is 1.31. The molecule has 9 heteroatoms. The summed E-state index contributed by atoms with van der Waals surface area (Å²) in [6, 6.07) is 11.5. The number of tetrazole rings is 1. The summed E-state index contributed by atoms with van der Waals surface area (Å²) in [7, 11) is 0. The van der Waals surface area contributed by atoms with Gasteiger partial charge >= 0.3 is 5.97 Å². The standard InChI is InChI=1S/C17H15N5O3S/c23-15(21-8-7-12-4-1-2-5-13(12)21)11-25-16(24)10-22-19-17(18-20-22)14-6-3-9-26-14/h1-6,9H,7-8,10-11H2. The number of hydrogen-bond acceptors (Lipinski definition) is 7. The number of thiophene rings is 1. The number of para-hydroxylation sites is 1. The summed E-state index contributed by atoms with van der Waals surface area (Å²) in [4.78, 5) is 28.0. The van der Waals surface area contributed by atoms with Crippen LogP contribution in [0.1, 0.15) is 5.56 Å². The second kappa shape index (κ2) is 7.04. The van der Waals surface area contributed by atoms with E-state index in [-0.39, 0.29) is 19.1 Å². The summed E-state index contributed by atoms with van der Waals surface area (Å²) in [5.74, 6) is -0.368. The van der Waals surface area contributed by atoms with Crippen LogP contribution in [0.5, 0.6) is 0 Å². The highest BCUT2D eigenvalue weighted by atomic mass is 32.1. The highest BCUT2D eigenvalue weighted by molar-refractivity contribution is 7.13. The SMILES string of the molecule is O=C(Cn1nnc(-c2cccs2)n1)OCC(=O)N1CCc2ccccc21. The number of anilines is 1. The molecule has 26 heavy (non-hydrogen) atoms. The Morgan fingerprint density at radius 3 is 2.92 bits per heavy atom. The van der Waals surface area contributed by atoms with Crippen LogP contribution >= 0.6 is 11.3 Å². The third kappa shape index (κ3) is 3.33. The Bertz CT molecular complexity index is 938. The number of carbonyl (C=O) groups is 2. The topological polar surface area (TPSA) is 90.2 Å². The number of ether oxygens (including phenoxy) is 1. The molecule has 8 nitrogen and oxygen atoms in total. The molecule has 1 amide bonds. The van der Waals surface area contributed by atoms with E-state index >= 15 is 0 Å². The predicted octanol–water partition coefficient (Wildman–Crippen LogP) is 1.53. The number of rotatable bonds is 5. The van der Waals surface area contributed by atoms with Crippen molar-refractivity contribution < 1.29 is 14.3 Å². The maximum absolute atomic E-state index is 12.3. The first kappa shape index (κ1) is 16.4. The summed E-state index contributed by atoms with van der Waals surface area (Å²) in [6.07, 6.45) is 0.810. The molecule has 0 spiro atoms. The summed E-state index contributed by atoms with van der Waals surface area (Å²) in [5.41, 5.74) is 2.01. The Kier molecular flexibility index (Phi) is 4.44. The first-order valence-electron chi connectivity index (χ1n) is 8.06. The monoisotopic (exact) mass is 369 g/mol. The van der Waals surface area contributed by atoms with E-state index < -0.39 is 5.97 Å². The number of amides is 1. The van der Waals surface area contributed by atoms with Crippen LogP contribution in [-0.2, 0) is 27.3 Å². The summed E-state index contributed by atoms with van der Waals surface area (Å²) >= 11 is 1.49. The second-order valence-electron chi connectivity index (χ2n) is 5.71. The van der Waals surface area contributed by atoms with E-state index in [0.717, 1.165) is 27.3 Å². The van der Waals surface area contributed by atoms with Gasteiger partial charge in [0.15, 0.2) is 13.2 Å². The molecular weight excluding hydrogens is 354 g/mol. The van der Waals surface area contributed by atoms with Crippen molar-refractivity contribution in [1.82, 2.24) is 20.2 Å². The van der Waals surface area contributed by atoms with Crippen molar-refractivity contribution in [3.05, 3.63) is 47.3 Å². The lowest BCUT2D eigenvalue weighted by Gasteiger charge is -2.17. The van der Waals surface area contributed by atoms with Crippen molar-refractivity contribution in [3.63, 3.8) is 0 Å². The fraction of sp³-hybridized carbons (Fsp3) is 0.235. The van der Waals surface area contributed by atoms with E-state index in [1.165, 1.54) is 11.3 Å². The van der Waals surface area contributed by atoms with Crippen molar-refractivity contribution in [1.29, 1.82) is 0 Å². The van der Waals surface area contributed by atoms with Crippen LogP contribution in [0, 0.1) is 0 Å². The van der Waals surface area contributed by atoms with Crippen molar-refractivity contribution in [3.8, 4) is 10.7 Å². The van der Waals surface area contributed by atoms with Crippen molar-refractivity contribution in [2.45, 2.75) is 13.0 Å². The van der Waals surface area contributed by atoms with Gasteiger partial charge in [0.25, 0.3) is 5.91 Å². The summed E-state index contributed by atoms with van der Waals surface area (Å²) in [6.45, 7) is 0.104. The fourth-order valence-electron chi connectivity index (χ4n) is 2.79. The van der Waals surface area contributed by atoms with Gasteiger partial charge in [-0.2, -0.15) is 4.80 Å². The van der Waals surface area contributed by atoms with Crippen molar-refractivity contribution >= 4 is 28.9 Å². The van der Waals surface area contributed by atoms with Crippen molar-refractivity contribution in [2.24, 2.45) is 0 Å². The normalized spacial score (nSPS) is 12.8. The molecule has 2 aromatic heterocycles. The first-order valence-corrected chi connectivity index (χ1v) is 8.94. The first-order chi connectivity index (χ1) is 12.7. The molecule has 0 unspecified atom stereocenters. The molecule has 0 fully saturated rings. The van der Waals surface area contributed by atoms with Crippen LogP contribution in [0.3, 0.4) is 0 Å².